The van der Waals surface area contributed by atoms with Crippen molar-refractivity contribution in [3.05, 3.63) is 125 Å². The highest BCUT2D eigenvalue weighted by molar-refractivity contribution is 5.54. The van der Waals surface area contributed by atoms with E-state index in [9.17, 15) is 5.11 Å². The summed E-state index contributed by atoms with van der Waals surface area (Å²) in [6, 6.07) is 34.3. The molecule has 0 aliphatic rings. The minimum absolute atomic E-state index is 0.203. The monoisotopic (exact) mass is 496 g/mol. The zero-order valence-electron chi connectivity index (χ0n) is 21.6. The molecule has 4 aromatic rings. The molecule has 0 fully saturated rings. The van der Waals surface area contributed by atoms with Crippen LogP contribution in [0.25, 0.3) is 0 Å². The van der Waals surface area contributed by atoms with E-state index in [-0.39, 0.29) is 6.04 Å². The molecule has 0 amide bonds. The predicted molar refractivity (Wildman–Crippen MR) is 150 cm³/mol. The van der Waals surface area contributed by atoms with Crippen molar-refractivity contribution in [1.29, 1.82) is 0 Å². The fourth-order valence-corrected chi connectivity index (χ4v) is 4.42. The zero-order chi connectivity index (χ0) is 26.0. The standard InChI is InChI=1S/C32H36N2O3/c1-24(19-25-13-16-29(36-2)17-14-25)34(21-26-9-5-3-6-10-26)22-31(35)28-15-18-32(30(33)20-28)37-23-27-11-7-4-8-12-27/h3-18,20,24,31,35H,19,21-23,33H2,1-2H3/t24-,31+/m1/s1. The fraction of sp³-hybridized carbons (Fsp3) is 0.250. The molecule has 0 saturated carbocycles. The number of benzene rings is 4. The highest BCUT2D eigenvalue weighted by Gasteiger charge is 2.20. The number of nitrogens with zero attached hydrogens (tertiary/aromatic N) is 1. The number of methoxy groups -OCH3 is 1. The van der Waals surface area contributed by atoms with E-state index in [4.69, 9.17) is 15.2 Å². The maximum absolute atomic E-state index is 11.2. The molecular formula is C32H36N2O3. The number of nitrogen functional groups attached to an aromatic ring is 1. The third-order valence-corrected chi connectivity index (χ3v) is 6.61. The maximum atomic E-state index is 11.2. The summed E-state index contributed by atoms with van der Waals surface area (Å²) in [7, 11) is 1.68. The van der Waals surface area contributed by atoms with E-state index >= 15 is 0 Å². The van der Waals surface area contributed by atoms with Gasteiger partial charge in [0.25, 0.3) is 0 Å². The zero-order valence-corrected chi connectivity index (χ0v) is 21.6. The Kier molecular flexibility index (Phi) is 9.19. The first-order valence-electron chi connectivity index (χ1n) is 12.7. The van der Waals surface area contributed by atoms with Gasteiger partial charge >= 0.3 is 0 Å². The van der Waals surface area contributed by atoms with Crippen molar-refractivity contribution >= 4 is 5.69 Å². The molecule has 0 saturated heterocycles. The number of hydrogen-bond donors (Lipinski definition) is 2. The quantitative estimate of drug-likeness (QED) is 0.235. The van der Waals surface area contributed by atoms with E-state index in [0.717, 1.165) is 29.8 Å². The lowest BCUT2D eigenvalue weighted by molar-refractivity contribution is 0.0859. The Labute approximate surface area is 220 Å². The predicted octanol–water partition coefficient (Wildman–Crippen LogP) is 6.02. The van der Waals surface area contributed by atoms with Gasteiger partial charge in [0.2, 0.25) is 0 Å². The smallest absolute Gasteiger partial charge is 0.142 e. The Balaban J connectivity index is 1.45. The summed E-state index contributed by atoms with van der Waals surface area (Å²) < 4.78 is 11.2. The summed E-state index contributed by atoms with van der Waals surface area (Å²) in [4.78, 5) is 2.32. The van der Waals surface area contributed by atoms with Crippen molar-refractivity contribution in [2.24, 2.45) is 0 Å². The van der Waals surface area contributed by atoms with Gasteiger partial charge in [0.15, 0.2) is 0 Å². The van der Waals surface area contributed by atoms with Gasteiger partial charge < -0.3 is 20.3 Å². The van der Waals surface area contributed by atoms with Crippen LogP contribution in [0.1, 0.15) is 35.3 Å². The Morgan fingerprint density at radius 3 is 2.08 bits per heavy atom. The fourth-order valence-electron chi connectivity index (χ4n) is 4.42. The summed E-state index contributed by atoms with van der Waals surface area (Å²) in [6.07, 6.45) is 0.172. The largest absolute Gasteiger partial charge is 0.497 e. The molecule has 0 unspecified atom stereocenters. The molecular weight excluding hydrogens is 460 g/mol. The molecule has 4 aromatic carbocycles. The molecule has 0 aliphatic carbocycles. The average molecular weight is 497 g/mol. The highest BCUT2D eigenvalue weighted by atomic mass is 16.5. The van der Waals surface area contributed by atoms with Crippen LogP contribution in [0.3, 0.4) is 0 Å². The lowest BCUT2D eigenvalue weighted by Crippen LogP contribution is -2.37. The second-order valence-corrected chi connectivity index (χ2v) is 9.40. The van der Waals surface area contributed by atoms with Crippen LogP contribution in [0.2, 0.25) is 0 Å². The second-order valence-electron chi connectivity index (χ2n) is 9.40. The molecule has 5 heteroatoms. The van der Waals surface area contributed by atoms with Crippen LogP contribution in [-0.2, 0) is 19.6 Å². The molecule has 0 aromatic heterocycles. The first-order chi connectivity index (χ1) is 18.0. The molecule has 5 nitrogen and oxygen atoms in total. The van der Waals surface area contributed by atoms with E-state index in [1.165, 1.54) is 11.1 Å². The Morgan fingerprint density at radius 2 is 1.46 bits per heavy atom. The van der Waals surface area contributed by atoms with Gasteiger partial charge in [-0.15, -0.1) is 0 Å². The van der Waals surface area contributed by atoms with Gasteiger partial charge in [0.1, 0.15) is 18.1 Å². The molecule has 0 bridgehead atoms. The van der Waals surface area contributed by atoms with Crippen molar-refractivity contribution < 1.29 is 14.6 Å². The SMILES string of the molecule is COc1ccc(C[C@@H](C)N(Cc2ccccc2)C[C@H](O)c2ccc(OCc3ccccc3)c(N)c2)cc1. The molecule has 0 aliphatic heterocycles. The molecule has 2 atom stereocenters. The average Bonchev–Trinajstić information content (AvgIpc) is 2.93. The minimum atomic E-state index is -0.687. The van der Waals surface area contributed by atoms with E-state index in [1.807, 2.05) is 78.9 Å². The number of hydrogen-bond acceptors (Lipinski definition) is 5. The van der Waals surface area contributed by atoms with Gasteiger partial charge in [-0.25, -0.2) is 0 Å². The summed E-state index contributed by atoms with van der Waals surface area (Å²) in [5.74, 6) is 1.47. The molecule has 0 heterocycles. The lowest BCUT2D eigenvalue weighted by atomic mass is 10.0. The highest BCUT2D eigenvalue weighted by Crippen LogP contribution is 2.28. The molecule has 37 heavy (non-hydrogen) atoms. The van der Waals surface area contributed by atoms with Crippen LogP contribution in [0.15, 0.2) is 103 Å². The van der Waals surface area contributed by atoms with Gasteiger partial charge in [-0.3, -0.25) is 4.90 Å². The number of aliphatic hydroxyl groups is 1. The lowest BCUT2D eigenvalue weighted by Gasteiger charge is -2.31. The Hall–Kier alpha value is -3.80. The van der Waals surface area contributed by atoms with E-state index < -0.39 is 6.10 Å². The van der Waals surface area contributed by atoms with Crippen LogP contribution >= 0.6 is 0 Å². The number of rotatable bonds is 12. The number of aliphatic hydroxyl groups excluding tert-OH is 1. The van der Waals surface area contributed by atoms with Gasteiger partial charge in [0, 0.05) is 19.1 Å². The van der Waals surface area contributed by atoms with Crippen LogP contribution in [-0.4, -0.2) is 29.7 Å². The van der Waals surface area contributed by atoms with Gasteiger partial charge in [-0.1, -0.05) is 78.9 Å². The van der Waals surface area contributed by atoms with Gasteiger partial charge in [-0.05, 0) is 59.9 Å². The van der Waals surface area contributed by atoms with Crippen molar-refractivity contribution in [3.8, 4) is 11.5 Å². The first kappa shape index (κ1) is 26.3. The third kappa shape index (κ3) is 7.59. The van der Waals surface area contributed by atoms with Gasteiger partial charge in [-0.2, -0.15) is 0 Å². The third-order valence-electron chi connectivity index (χ3n) is 6.61. The Bertz CT molecular complexity index is 1230. The number of ether oxygens (including phenoxy) is 2. The molecule has 3 N–H and O–H groups in total. The Morgan fingerprint density at radius 1 is 0.811 bits per heavy atom. The first-order valence-corrected chi connectivity index (χ1v) is 12.7. The van der Waals surface area contributed by atoms with Crippen LogP contribution in [0.4, 0.5) is 5.69 Å². The van der Waals surface area contributed by atoms with Crippen LogP contribution in [0, 0.1) is 0 Å². The summed E-state index contributed by atoms with van der Waals surface area (Å²) in [5.41, 5.74) is 11.1. The molecule has 0 radical (unpaired) electrons. The molecule has 192 valence electrons. The maximum Gasteiger partial charge on any atom is 0.142 e. The number of nitrogens with two attached hydrogens (primary N) is 1. The molecule has 4 rings (SSSR count). The van der Waals surface area contributed by atoms with Crippen molar-refractivity contribution in [2.75, 3.05) is 19.4 Å². The topological polar surface area (TPSA) is 68.0 Å². The minimum Gasteiger partial charge on any atom is -0.497 e. The molecule has 0 spiro atoms. The van der Waals surface area contributed by atoms with E-state index in [1.54, 1.807) is 7.11 Å². The van der Waals surface area contributed by atoms with Crippen molar-refractivity contribution in [3.63, 3.8) is 0 Å². The van der Waals surface area contributed by atoms with Crippen molar-refractivity contribution in [2.45, 2.75) is 38.6 Å². The second kappa shape index (κ2) is 12.9. The van der Waals surface area contributed by atoms with E-state index in [2.05, 4.69) is 36.1 Å². The van der Waals surface area contributed by atoms with Crippen LogP contribution < -0.4 is 15.2 Å². The van der Waals surface area contributed by atoms with Gasteiger partial charge in [0.05, 0.1) is 18.9 Å². The summed E-state index contributed by atoms with van der Waals surface area (Å²) in [5, 5.41) is 11.2. The van der Waals surface area contributed by atoms with Crippen LogP contribution in [0.5, 0.6) is 11.5 Å². The summed E-state index contributed by atoms with van der Waals surface area (Å²) in [6.45, 7) is 3.87. The van der Waals surface area contributed by atoms with E-state index in [0.29, 0.717) is 24.6 Å². The summed E-state index contributed by atoms with van der Waals surface area (Å²) >= 11 is 0. The normalized spacial score (nSPS) is 12.8. The number of anilines is 1. The van der Waals surface area contributed by atoms with Crippen molar-refractivity contribution in [1.82, 2.24) is 4.90 Å².